The minimum absolute atomic E-state index is 0.175. The molecule has 0 fully saturated rings. The van der Waals surface area contributed by atoms with Gasteiger partial charge in [0, 0.05) is 5.56 Å². The maximum absolute atomic E-state index is 10.7. The Morgan fingerprint density at radius 3 is 2.54 bits per heavy atom. The van der Waals surface area contributed by atoms with E-state index in [-0.39, 0.29) is 11.7 Å². The molecule has 1 N–H and O–H groups in total. The molecule has 1 aromatic rings. The molecule has 3 heteroatoms. The number of hydrogen-bond donors (Lipinski definition) is 1. The summed E-state index contributed by atoms with van der Waals surface area (Å²) in [6.07, 6.45) is 0.805. The molecular formula is C10H11BrO2. The largest absolute Gasteiger partial charge is 0.507 e. The van der Waals surface area contributed by atoms with Gasteiger partial charge in [-0.1, -0.05) is 13.8 Å². The molecule has 0 amide bonds. The highest BCUT2D eigenvalue weighted by Crippen LogP contribution is 2.30. The van der Waals surface area contributed by atoms with Crippen molar-refractivity contribution in [2.24, 2.45) is 0 Å². The first kappa shape index (κ1) is 10.3. The lowest BCUT2D eigenvalue weighted by atomic mass is 9.98. The summed E-state index contributed by atoms with van der Waals surface area (Å²) >= 11 is 3.16. The van der Waals surface area contributed by atoms with Crippen molar-refractivity contribution in [2.75, 3.05) is 0 Å². The average molecular weight is 243 g/mol. The molecule has 1 aromatic carbocycles. The molecule has 0 bridgehead atoms. The van der Waals surface area contributed by atoms with Crippen LogP contribution in [0.4, 0.5) is 0 Å². The maximum Gasteiger partial charge on any atom is 0.150 e. The molecular weight excluding hydrogens is 232 g/mol. The van der Waals surface area contributed by atoms with Crippen LogP contribution >= 0.6 is 15.9 Å². The van der Waals surface area contributed by atoms with Crippen LogP contribution < -0.4 is 0 Å². The molecule has 13 heavy (non-hydrogen) atoms. The number of phenols is 1. The number of phenolic OH excluding ortho intramolecular Hbond substituents is 1. The number of aromatic hydroxyl groups is 1. The Balaban J connectivity index is 3.32. The summed E-state index contributed by atoms with van der Waals surface area (Å²) in [6.45, 7) is 3.96. The second kappa shape index (κ2) is 3.92. The Bertz CT molecular complexity index is 332. The van der Waals surface area contributed by atoms with Crippen molar-refractivity contribution in [1.29, 1.82) is 0 Å². The summed E-state index contributed by atoms with van der Waals surface area (Å²) < 4.78 is 0.555. The third-order valence-electron chi connectivity index (χ3n) is 1.90. The van der Waals surface area contributed by atoms with Crippen LogP contribution in [0.25, 0.3) is 0 Å². The van der Waals surface area contributed by atoms with Crippen LogP contribution in [0.1, 0.15) is 35.7 Å². The summed E-state index contributed by atoms with van der Waals surface area (Å²) in [5.41, 5.74) is 1.50. The lowest BCUT2D eigenvalue weighted by Crippen LogP contribution is -1.95. The van der Waals surface area contributed by atoms with Gasteiger partial charge in [0.2, 0.25) is 0 Å². The highest BCUT2D eigenvalue weighted by molar-refractivity contribution is 9.10. The Morgan fingerprint density at radius 1 is 1.46 bits per heavy atom. The molecule has 1 rings (SSSR count). The predicted molar refractivity (Wildman–Crippen MR) is 55.3 cm³/mol. The first-order valence-corrected chi connectivity index (χ1v) is 4.83. The zero-order valence-corrected chi connectivity index (χ0v) is 9.13. The Hall–Kier alpha value is -0.830. The van der Waals surface area contributed by atoms with E-state index in [2.05, 4.69) is 15.9 Å². The third-order valence-corrected chi connectivity index (χ3v) is 2.54. The van der Waals surface area contributed by atoms with E-state index in [4.69, 9.17) is 0 Å². The number of aldehydes is 1. The lowest BCUT2D eigenvalue weighted by molar-refractivity contribution is 0.112. The van der Waals surface area contributed by atoms with Gasteiger partial charge in [0.25, 0.3) is 0 Å². The van der Waals surface area contributed by atoms with E-state index < -0.39 is 0 Å². The molecule has 0 unspecified atom stereocenters. The van der Waals surface area contributed by atoms with Gasteiger partial charge < -0.3 is 5.11 Å². The number of benzene rings is 1. The van der Waals surface area contributed by atoms with E-state index in [0.29, 0.717) is 10.0 Å². The van der Waals surface area contributed by atoms with E-state index >= 15 is 0 Å². The van der Waals surface area contributed by atoms with Crippen LogP contribution in [0, 0.1) is 0 Å². The van der Waals surface area contributed by atoms with Crippen molar-refractivity contribution >= 4 is 22.2 Å². The van der Waals surface area contributed by atoms with Crippen LogP contribution in [-0.2, 0) is 0 Å². The van der Waals surface area contributed by atoms with E-state index in [0.717, 1.165) is 11.8 Å². The standard InChI is InChI=1S/C10H11BrO2/c1-6(2)8-4-10(13)9(11)3-7(8)5-12/h3-6,13H,1-2H3. The van der Waals surface area contributed by atoms with Crippen LogP contribution in [-0.4, -0.2) is 11.4 Å². The summed E-state index contributed by atoms with van der Waals surface area (Å²) in [5, 5.41) is 9.41. The number of halogens is 1. The Morgan fingerprint density at radius 2 is 2.08 bits per heavy atom. The molecule has 2 nitrogen and oxygen atoms in total. The van der Waals surface area contributed by atoms with Gasteiger partial charge in [-0.15, -0.1) is 0 Å². The van der Waals surface area contributed by atoms with Crippen molar-refractivity contribution in [3.05, 3.63) is 27.7 Å². The highest BCUT2D eigenvalue weighted by Gasteiger charge is 2.09. The third kappa shape index (κ3) is 2.10. The molecule has 0 saturated carbocycles. The van der Waals surface area contributed by atoms with Crippen LogP contribution in [0.5, 0.6) is 5.75 Å². The molecule has 0 radical (unpaired) electrons. The highest BCUT2D eigenvalue weighted by atomic mass is 79.9. The van der Waals surface area contributed by atoms with Crippen molar-refractivity contribution in [3.8, 4) is 5.75 Å². The van der Waals surface area contributed by atoms with Crippen LogP contribution in [0.15, 0.2) is 16.6 Å². The zero-order chi connectivity index (χ0) is 10.0. The topological polar surface area (TPSA) is 37.3 Å². The van der Waals surface area contributed by atoms with Crippen LogP contribution in [0.2, 0.25) is 0 Å². The smallest absolute Gasteiger partial charge is 0.150 e. The van der Waals surface area contributed by atoms with E-state index in [1.165, 1.54) is 0 Å². The van der Waals surface area contributed by atoms with Crippen LogP contribution in [0.3, 0.4) is 0 Å². The van der Waals surface area contributed by atoms with Gasteiger partial charge in [-0.05, 0) is 39.5 Å². The summed E-state index contributed by atoms with van der Waals surface area (Å²) in [4.78, 5) is 10.7. The second-order valence-electron chi connectivity index (χ2n) is 3.21. The molecule has 0 heterocycles. The SMILES string of the molecule is CC(C)c1cc(O)c(Br)cc1C=O. The summed E-state index contributed by atoms with van der Waals surface area (Å²) in [7, 11) is 0. The number of hydrogen-bond acceptors (Lipinski definition) is 2. The summed E-state index contributed by atoms with van der Waals surface area (Å²) in [6, 6.07) is 3.26. The van der Waals surface area contributed by atoms with Gasteiger partial charge in [0.1, 0.15) is 12.0 Å². The van der Waals surface area contributed by atoms with Gasteiger partial charge in [-0.3, -0.25) is 4.79 Å². The van der Waals surface area contributed by atoms with Crippen molar-refractivity contribution < 1.29 is 9.90 Å². The number of carbonyl (C=O) groups is 1. The molecule has 0 aliphatic carbocycles. The molecule has 70 valence electrons. The van der Waals surface area contributed by atoms with Gasteiger partial charge >= 0.3 is 0 Å². The summed E-state index contributed by atoms with van der Waals surface area (Å²) in [5.74, 6) is 0.411. The minimum Gasteiger partial charge on any atom is -0.507 e. The Kier molecular flexibility index (Phi) is 3.09. The molecule has 0 aliphatic heterocycles. The van der Waals surface area contributed by atoms with E-state index in [1.807, 2.05) is 13.8 Å². The monoisotopic (exact) mass is 242 g/mol. The van der Waals surface area contributed by atoms with Crippen molar-refractivity contribution in [1.82, 2.24) is 0 Å². The molecule has 0 aromatic heterocycles. The van der Waals surface area contributed by atoms with Gasteiger partial charge in [-0.25, -0.2) is 0 Å². The quantitative estimate of drug-likeness (QED) is 0.810. The second-order valence-corrected chi connectivity index (χ2v) is 4.06. The van der Waals surface area contributed by atoms with Crippen molar-refractivity contribution in [3.63, 3.8) is 0 Å². The van der Waals surface area contributed by atoms with E-state index in [9.17, 15) is 9.90 Å². The maximum atomic E-state index is 10.7. The molecule has 0 atom stereocenters. The Labute approximate surface area is 85.7 Å². The van der Waals surface area contributed by atoms with Gasteiger partial charge in [-0.2, -0.15) is 0 Å². The fourth-order valence-corrected chi connectivity index (χ4v) is 1.56. The first-order chi connectivity index (χ1) is 6.06. The average Bonchev–Trinajstić information content (AvgIpc) is 2.08. The van der Waals surface area contributed by atoms with Gasteiger partial charge in [0.05, 0.1) is 4.47 Å². The fraction of sp³-hybridized carbons (Fsp3) is 0.300. The molecule has 0 saturated heterocycles. The van der Waals surface area contributed by atoms with E-state index in [1.54, 1.807) is 12.1 Å². The lowest BCUT2D eigenvalue weighted by Gasteiger charge is -2.09. The predicted octanol–water partition coefficient (Wildman–Crippen LogP) is 3.09. The number of carbonyl (C=O) groups excluding carboxylic acids is 1. The fourth-order valence-electron chi connectivity index (χ4n) is 1.20. The molecule has 0 aliphatic rings. The normalized spacial score (nSPS) is 10.5. The molecule has 0 spiro atoms. The minimum atomic E-state index is 0.175. The zero-order valence-electron chi connectivity index (χ0n) is 7.54. The first-order valence-electron chi connectivity index (χ1n) is 4.04. The number of rotatable bonds is 2. The van der Waals surface area contributed by atoms with Crippen molar-refractivity contribution in [2.45, 2.75) is 19.8 Å². The van der Waals surface area contributed by atoms with Gasteiger partial charge in [0.15, 0.2) is 0 Å².